The minimum Gasteiger partial charge on any atom is -0.481 e. The fraction of sp³-hybridized carbons (Fsp3) is 0.364. The maximum absolute atomic E-state index is 13.1. The van der Waals surface area contributed by atoms with Crippen LogP contribution in [0.3, 0.4) is 0 Å². The first-order valence-corrected chi connectivity index (χ1v) is 12.5. The Labute approximate surface area is 191 Å². The number of hydroxylamine groups is 1. The summed E-state index contributed by atoms with van der Waals surface area (Å²) in [5, 5.41) is 11.1. The van der Waals surface area contributed by atoms with Gasteiger partial charge in [0, 0.05) is 13.1 Å². The van der Waals surface area contributed by atoms with Crippen LogP contribution in [0.25, 0.3) is 0 Å². The predicted octanol–water partition coefficient (Wildman–Crippen LogP) is 2.35. The van der Waals surface area contributed by atoms with Gasteiger partial charge in [-0.25, -0.2) is 13.9 Å². The number of carbonyl (C=O) groups is 2. The van der Waals surface area contributed by atoms with E-state index in [0.29, 0.717) is 10.6 Å². The molecule has 3 rings (SSSR count). The molecule has 1 fully saturated rings. The molecule has 2 heterocycles. The van der Waals surface area contributed by atoms with Crippen molar-refractivity contribution in [3.8, 4) is 17.6 Å². The van der Waals surface area contributed by atoms with Crippen LogP contribution in [0.2, 0.25) is 0 Å². The lowest BCUT2D eigenvalue weighted by Gasteiger charge is -2.39. The van der Waals surface area contributed by atoms with Crippen LogP contribution in [0.1, 0.15) is 29.4 Å². The molecule has 1 aliphatic heterocycles. The third-order valence-electron chi connectivity index (χ3n) is 5.46. The minimum absolute atomic E-state index is 0.0497. The molecule has 0 unspecified atom stereocenters. The summed E-state index contributed by atoms with van der Waals surface area (Å²) in [4.78, 5) is 27.4. The van der Waals surface area contributed by atoms with Gasteiger partial charge in [-0.1, -0.05) is 12.0 Å². The Kier molecular flexibility index (Phi) is 7.56. The van der Waals surface area contributed by atoms with Gasteiger partial charge in [0.25, 0.3) is 11.8 Å². The lowest BCUT2D eigenvalue weighted by Crippen LogP contribution is -2.52. The maximum atomic E-state index is 13.1. The van der Waals surface area contributed by atoms with E-state index in [4.69, 9.17) is 4.74 Å². The van der Waals surface area contributed by atoms with Crippen LogP contribution in [0.5, 0.6) is 5.75 Å². The summed E-state index contributed by atoms with van der Waals surface area (Å²) in [5.74, 6) is 4.55. The number of likely N-dealkylation sites (tertiary alicyclic amines) is 1. The van der Waals surface area contributed by atoms with E-state index in [0.717, 1.165) is 0 Å². The molecule has 2 N–H and O–H groups in total. The third-order valence-corrected chi connectivity index (χ3v) is 8.24. The molecule has 0 atom stereocenters. The molecule has 32 heavy (non-hydrogen) atoms. The number of piperidine rings is 1. The van der Waals surface area contributed by atoms with Crippen molar-refractivity contribution in [1.29, 1.82) is 0 Å². The normalized spacial score (nSPS) is 15.4. The van der Waals surface area contributed by atoms with Gasteiger partial charge in [0.05, 0.1) is 20.9 Å². The Balaban J connectivity index is 1.74. The molecule has 0 radical (unpaired) electrons. The molecular formula is C22H24N2O6S2. The minimum atomic E-state index is -3.85. The zero-order valence-electron chi connectivity index (χ0n) is 17.5. The van der Waals surface area contributed by atoms with E-state index >= 15 is 0 Å². The summed E-state index contributed by atoms with van der Waals surface area (Å²) >= 11 is 1.33. The first-order valence-electron chi connectivity index (χ1n) is 9.94. The number of thiophene rings is 1. The van der Waals surface area contributed by atoms with E-state index in [1.54, 1.807) is 34.8 Å². The quantitative estimate of drug-likeness (QED) is 0.360. The fourth-order valence-electron chi connectivity index (χ4n) is 3.63. The Hall–Kier alpha value is -2.87. The molecule has 2 aromatic rings. The first kappa shape index (κ1) is 23.8. The number of carbonyl (C=O) groups excluding carboxylic acids is 2. The van der Waals surface area contributed by atoms with Gasteiger partial charge < -0.3 is 9.64 Å². The highest BCUT2D eigenvalue weighted by molar-refractivity contribution is 7.91. The molecule has 2 amide bonds. The van der Waals surface area contributed by atoms with Crippen molar-refractivity contribution in [1.82, 2.24) is 10.4 Å². The number of amides is 2. The van der Waals surface area contributed by atoms with Gasteiger partial charge in [-0.05, 0) is 55.5 Å². The van der Waals surface area contributed by atoms with E-state index in [1.165, 1.54) is 35.6 Å². The summed E-state index contributed by atoms with van der Waals surface area (Å²) in [5.41, 5.74) is 0.280. The van der Waals surface area contributed by atoms with Crippen molar-refractivity contribution in [3.05, 3.63) is 46.7 Å². The van der Waals surface area contributed by atoms with Crippen LogP contribution in [-0.2, 0) is 14.6 Å². The average molecular weight is 477 g/mol. The van der Waals surface area contributed by atoms with Gasteiger partial charge in [-0.15, -0.1) is 17.3 Å². The molecule has 170 valence electrons. The van der Waals surface area contributed by atoms with E-state index in [1.807, 2.05) is 0 Å². The Morgan fingerprint density at radius 3 is 2.47 bits per heavy atom. The summed E-state index contributed by atoms with van der Waals surface area (Å²) < 4.78 is 31.6. The predicted molar refractivity (Wildman–Crippen MR) is 119 cm³/mol. The molecule has 0 bridgehead atoms. The molecular weight excluding hydrogens is 452 g/mol. The summed E-state index contributed by atoms with van der Waals surface area (Å²) in [6, 6.07) is 9.41. The van der Waals surface area contributed by atoms with Crippen LogP contribution in [-0.4, -0.2) is 55.8 Å². The standard InChI is InChI=1S/C22H24N2O6S2/c1-2-3-14-30-17-6-8-18(9-7-17)32(28,29)16-22(21(26)23-27)10-12-24(13-11-22)20(25)19-5-4-15-31-19/h4-9,15,27H,10-14,16H2,1H3,(H,23,26). The molecule has 1 aromatic carbocycles. The number of benzene rings is 1. The number of sulfone groups is 1. The molecule has 8 nitrogen and oxygen atoms in total. The summed E-state index contributed by atoms with van der Waals surface area (Å²) in [7, 11) is -3.85. The number of nitrogens with zero attached hydrogens (tertiary/aromatic N) is 1. The zero-order valence-corrected chi connectivity index (χ0v) is 19.2. The molecule has 10 heteroatoms. The molecule has 0 saturated carbocycles. The topological polar surface area (TPSA) is 113 Å². The lowest BCUT2D eigenvalue weighted by atomic mass is 9.79. The zero-order chi connectivity index (χ0) is 23.2. The van der Waals surface area contributed by atoms with Gasteiger partial charge in [0.1, 0.15) is 12.4 Å². The third kappa shape index (κ3) is 5.30. The van der Waals surface area contributed by atoms with Gasteiger partial charge in [-0.2, -0.15) is 0 Å². The number of nitrogens with one attached hydrogen (secondary N) is 1. The van der Waals surface area contributed by atoms with Gasteiger partial charge in [0.2, 0.25) is 0 Å². The average Bonchev–Trinajstić information content (AvgIpc) is 3.34. The molecule has 1 saturated heterocycles. The smallest absolute Gasteiger partial charge is 0.263 e. The van der Waals surface area contributed by atoms with Crippen molar-refractivity contribution in [2.45, 2.75) is 24.7 Å². The van der Waals surface area contributed by atoms with E-state index in [2.05, 4.69) is 11.8 Å². The van der Waals surface area contributed by atoms with Crippen LogP contribution < -0.4 is 10.2 Å². The number of hydrogen-bond donors (Lipinski definition) is 2. The van der Waals surface area contributed by atoms with E-state index in [9.17, 15) is 23.2 Å². The van der Waals surface area contributed by atoms with Crippen LogP contribution >= 0.6 is 11.3 Å². The Morgan fingerprint density at radius 2 is 1.91 bits per heavy atom. The maximum Gasteiger partial charge on any atom is 0.263 e. The first-order chi connectivity index (χ1) is 15.3. The second kappa shape index (κ2) is 10.2. The van der Waals surface area contributed by atoms with Gasteiger partial charge in [0.15, 0.2) is 9.84 Å². The lowest BCUT2D eigenvalue weighted by molar-refractivity contribution is -0.141. The largest absolute Gasteiger partial charge is 0.481 e. The van der Waals surface area contributed by atoms with Crippen molar-refractivity contribution >= 4 is 33.0 Å². The summed E-state index contributed by atoms with van der Waals surface area (Å²) in [6.07, 6.45) is 0.235. The number of ether oxygens (including phenoxy) is 1. The highest BCUT2D eigenvalue weighted by Gasteiger charge is 2.46. The Bertz CT molecular complexity index is 1110. The van der Waals surface area contributed by atoms with Crippen molar-refractivity contribution < 1.29 is 28.0 Å². The van der Waals surface area contributed by atoms with Crippen molar-refractivity contribution in [3.63, 3.8) is 0 Å². The van der Waals surface area contributed by atoms with Crippen LogP contribution in [0.4, 0.5) is 0 Å². The number of rotatable bonds is 7. The van der Waals surface area contributed by atoms with Gasteiger partial charge >= 0.3 is 0 Å². The highest BCUT2D eigenvalue weighted by Crippen LogP contribution is 2.36. The second-order valence-corrected chi connectivity index (χ2v) is 10.4. The van der Waals surface area contributed by atoms with Crippen molar-refractivity contribution in [2.75, 3.05) is 25.4 Å². The molecule has 0 aliphatic carbocycles. The van der Waals surface area contributed by atoms with E-state index < -0.39 is 26.9 Å². The monoisotopic (exact) mass is 476 g/mol. The molecule has 0 spiro atoms. The van der Waals surface area contributed by atoms with Crippen LogP contribution in [0, 0.1) is 17.3 Å². The molecule has 1 aromatic heterocycles. The summed E-state index contributed by atoms with van der Waals surface area (Å²) in [6.45, 7) is 2.32. The fourth-order valence-corrected chi connectivity index (χ4v) is 6.19. The van der Waals surface area contributed by atoms with E-state index in [-0.39, 0.29) is 43.3 Å². The highest BCUT2D eigenvalue weighted by atomic mass is 32.2. The SMILES string of the molecule is CC#CCOc1ccc(S(=O)(=O)CC2(C(=O)NO)CCN(C(=O)c3cccs3)CC2)cc1. The molecule has 1 aliphatic rings. The Morgan fingerprint density at radius 1 is 1.22 bits per heavy atom. The number of hydrogen-bond acceptors (Lipinski definition) is 7. The second-order valence-electron chi connectivity index (χ2n) is 7.44. The van der Waals surface area contributed by atoms with Crippen molar-refractivity contribution in [2.24, 2.45) is 5.41 Å². The van der Waals surface area contributed by atoms with Gasteiger partial charge in [-0.3, -0.25) is 14.8 Å². The van der Waals surface area contributed by atoms with Crippen LogP contribution in [0.15, 0.2) is 46.7 Å².